The fraction of sp³-hybridized carbons (Fsp3) is 0.514. The van der Waals surface area contributed by atoms with Crippen LogP contribution in [0.3, 0.4) is 0 Å². The summed E-state index contributed by atoms with van der Waals surface area (Å²) < 4.78 is 0. The first-order chi connectivity index (χ1) is 22.0. The highest BCUT2D eigenvalue weighted by Crippen LogP contribution is 2.26. The van der Waals surface area contributed by atoms with Crippen LogP contribution in [0.25, 0.3) is 0 Å². The molecule has 4 amide bonds. The molecule has 1 heterocycles. The Morgan fingerprint density at radius 2 is 1.46 bits per heavy atom. The van der Waals surface area contributed by atoms with Gasteiger partial charge in [0.2, 0.25) is 23.6 Å². The number of likely N-dealkylation sites (tertiary alicyclic amines) is 1. The Bertz CT molecular complexity index is 1310. The normalized spacial score (nSPS) is 17.1. The van der Waals surface area contributed by atoms with Gasteiger partial charge in [-0.2, -0.15) is 0 Å². The van der Waals surface area contributed by atoms with Gasteiger partial charge in [-0.3, -0.25) is 24.0 Å². The summed E-state index contributed by atoms with van der Waals surface area (Å²) in [4.78, 5) is 66.0. The second-order valence-electron chi connectivity index (χ2n) is 12.6. The van der Waals surface area contributed by atoms with Crippen molar-refractivity contribution in [2.45, 2.75) is 89.4 Å². The average Bonchev–Trinajstić information content (AvgIpc) is 3.50. The number of rotatable bonds is 18. The van der Waals surface area contributed by atoms with E-state index in [4.69, 9.17) is 5.73 Å². The fourth-order valence-electron chi connectivity index (χ4n) is 6.08. The van der Waals surface area contributed by atoms with E-state index in [9.17, 15) is 29.1 Å². The summed E-state index contributed by atoms with van der Waals surface area (Å²) in [6.07, 6.45) is 3.52. The molecule has 0 unspecified atom stereocenters. The van der Waals surface area contributed by atoms with Crippen LogP contribution in [-0.2, 0) is 36.8 Å². The van der Waals surface area contributed by atoms with Crippen LogP contribution < -0.4 is 21.7 Å². The SMILES string of the molecule is CN[C@@H](CC(C)C)C(=O)N1CCC[C@H]1CC[C@@H](Cc1ccccc1)C(=O)N[C@@H](Cc1ccccc1)C(=O)N[C@@H](CC(=O)O)C(N)=O. The van der Waals surface area contributed by atoms with Crippen molar-refractivity contribution in [3.63, 3.8) is 0 Å². The number of nitrogens with zero attached hydrogens (tertiary/aromatic N) is 1. The van der Waals surface area contributed by atoms with Gasteiger partial charge >= 0.3 is 5.97 Å². The molecule has 2 aromatic carbocycles. The summed E-state index contributed by atoms with van der Waals surface area (Å²) in [6, 6.07) is 16.0. The monoisotopic (exact) mass is 635 g/mol. The number of benzene rings is 2. The van der Waals surface area contributed by atoms with Crippen molar-refractivity contribution in [2.75, 3.05) is 13.6 Å². The van der Waals surface area contributed by atoms with Gasteiger partial charge in [-0.25, -0.2) is 0 Å². The molecular formula is C35H49N5O6. The van der Waals surface area contributed by atoms with Gasteiger partial charge in [-0.05, 0) is 62.6 Å². The summed E-state index contributed by atoms with van der Waals surface area (Å²) in [6.45, 7) is 4.88. The lowest BCUT2D eigenvalue weighted by Gasteiger charge is -2.30. The van der Waals surface area contributed by atoms with Gasteiger partial charge in [0.05, 0.1) is 12.5 Å². The Labute approximate surface area is 271 Å². The zero-order chi connectivity index (χ0) is 33.6. The highest BCUT2D eigenvalue weighted by atomic mass is 16.4. The Balaban J connectivity index is 1.81. The third kappa shape index (κ3) is 11.3. The number of aliphatic carboxylic acids is 1. The predicted molar refractivity (Wildman–Crippen MR) is 175 cm³/mol. The molecular weight excluding hydrogens is 586 g/mol. The topological polar surface area (TPSA) is 171 Å². The Morgan fingerprint density at radius 3 is 2.00 bits per heavy atom. The van der Waals surface area contributed by atoms with Crippen molar-refractivity contribution in [3.8, 4) is 0 Å². The van der Waals surface area contributed by atoms with Crippen LogP contribution in [0.4, 0.5) is 0 Å². The highest BCUT2D eigenvalue weighted by molar-refractivity contribution is 5.93. The number of carboxylic acids is 1. The van der Waals surface area contributed by atoms with E-state index in [0.717, 1.165) is 30.4 Å². The van der Waals surface area contributed by atoms with E-state index >= 15 is 0 Å². The van der Waals surface area contributed by atoms with E-state index in [0.29, 0.717) is 31.7 Å². The minimum Gasteiger partial charge on any atom is -0.481 e. The third-order valence-electron chi connectivity index (χ3n) is 8.51. The number of hydrogen-bond acceptors (Lipinski definition) is 6. The van der Waals surface area contributed by atoms with Crippen LogP contribution in [0.5, 0.6) is 0 Å². The van der Waals surface area contributed by atoms with Crippen LogP contribution in [0.2, 0.25) is 0 Å². The molecule has 0 aliphatic carbocycles. The fourth-order valence-corrected chi connectivity index (χ4v) is 6.08. The maximum absolute atomic E-state index is 14.0. The van der Waals surface area contributed by atoms with Crippen LogP contribution in [-0.4, -0.2) is 77.4 Å². The molecule has 0 saturated carbocycles. The van der Waals surface area contributed by atoms with Gasteiger partial charge in [0.25, 0.3) is 0 Å². The molecule has 1 fully saturated rings. The summed E-state index contributed by atoms with van der Waals surface area (Å²) in [7, 11) is 1.81. The van der Waals surface area contributed by atoms with E-state index in [1.807, 2.05) is 72.6 Å². The van der Waals surface area contributed by atoms with Crippen LogP contribution in [0, 0.1) is 11.8 Å². The van der Waals surface area contributed by atoms with Gasteiger partial charge in [-0.15, -0.1) is 0 Å². The zero-order valence-electron chi connectivity index (χ0n) is 27.1. The zero-order valence-corrected chi connectivity index (χ0v) is 27.1. The first-order valence-corrected chi connectivity index (χ1v) is 16.2. The van der Waals surface area contributed by atoms with Gasteiger partial charge in [0.1, 0.15) is 12.1 Å². The first-order valence-electron chi connectivity index (χ1n) is 16.2. The van der Waals surface area contributed by atoms with E-state index in [1.165, 1.54) is 0 Å². The van der Waals surface area contributed by atoms with Crippen LogP contribution >= 0.6 is 0 Å². The summed E-state index contributed by atoms with van der Waals surface area (Å²) in [5.74, 6) is -3.35. The number of amides is 4. The molecule has 0 spiro atoms. The summed E-state index contributed by atoms with van der Waals surface area (Å²) in [5.41, 5.74) is 7.11. The lowest BCUT2D eigenvalue weighted by molar-refractivity contribution is -0.140. The molecule has 250 valence electrons. The van der Waals surface area contributed by atoms with Crippen molar-refractivity contribution in [2.24, 2.45) is 17.6 Å². The Hall–Kier alpha value is -4.25. The Kier molecular flexibility index (Phi) is 14.2. The molecule has 0 radical (unpaired) electrons. The maximum atomic E-state index is 14.0. The van der Waals surface area contributed by atoms with E-state index in [-0.39, 0.29) is 30.3 Å². The molecule has 3 rings (SSSR count). The molecule has 1 saturated heterocycles. The van der Waals surface area contributed by atoms with Crippen LogP contribution in [0.15, 0.2) is 60.7 Å². The molecule has 2 aromatic rings. The van der Waals surface area contributed by atoms with Crippen molar-refractivity contribution >= 4 is 29.6 Å². The summed E-state index contributed by atoms with van der Waals surface area (Å²) >= 11 is 0. The number of nitrogens with two attached hydrogens (primary N) is 1. The number of carbonyl (C=O) groups is 5. The molecule has 11 heteroatoms. The lowest BCUT2D eigenvalue weighted by atomic mass is 9.90. The van der Waals surface area contributed by atoms with Gasteiger partial charge < -0.3 is 31.7 Å². The second kappa shape index (κ2) is 18.0. The number of likely N-dealkylation sites (N-methyl/N-ethyl adjacent to an activating group) is 1. The highest BCUT2D eigenvalue weighted by Gasteiger charge is 2.35. The molecule has 1 aliphatic rings. The second-order valence-corrected chi connectivity index (χ2v) is 12.6. The number of carbonyl (C=O) groups excluding carboxylic acids is 4. The van der Waals surface area contributed by atoms with Crippen LogP contribution in [0.1, 0.15) is 63.5 Å². The van der Waals surface area contributed by atoms with Crippen molar-refractivity contribution in [1.82, 2.24) is 20.9 Å². The number of primary amides is 1. The first kappa shape index (κ1) is 36.2. The van der Waals surface area contributed by atoms with Crippen molar-refractivity contribution < 1.29 is 29.1 Å². The molecule has 11 nitrogen and oxygen atoms in total. The standard InChI is InChI=1S/C35H49N5O6/c1-23(2)19-30(37-3)35(46)40-18-10-15-27(40)17-16-26(20-24-11-6-4-7-12-24)33(44)39-29(21-25-13-8-5-9-14-25)34(45)38-28(32(36)43)22-31(41)42/h4-9,11-14,23,26-30,37H,10,15-22H2,1-3H3,(H2,36,43)(H,38,45)(H,39,44)(H,41,42)/t26-,27-,28-,29-,30-/m0/s1. The molecule has 6 N–H and O–H groups in total. The number of nitrogens with one attached hydrogen (secondary N) is 3. The largest absolute Gasteiger partial charge is 0.481 e. The quantitative estimate of drug-likeness (QED) is 0.167. The van der Waals surface area contributed by atoms with E-state index in [1.54, 1.807) is 0 Å². The number of hydrogen-bond donors (Lipinski definition) is 5. The average molecular weight is 636 g/mol. The predicted octanol–water partition coefficient (Wildman–Crippen LogP) is 2.42. The number of carboxylic acid groups (broad SMARTS) is 1. The molecule has 1 aliphatic heterocycles. The van der Waals surface area contributed by atoms with Crippen molar-refractivity contribution in [3.05, 3.63) is 71.8 Å². The van der Waals surface area contributed by atoms with Gasteiger partial charge in [0.15, 0.2) is 0 Å². The molecule has 0 aromatic heterocycles. The van der Waals surface area contributed by atoms with E-state index < -0.39 is 42.2 Å². The summed E-state index contributed by atoms with van der Waals surface area (Å²) in [5, 5.41) is 17.7. The smallest absolute Gasteiger partial charge is 0.305 e. The van der Waals surface area contributed by atoms with E-state index in [2.05, 4.69) is 29.8 Å². The molecule has 5 atom stereocenters. The molecule has 46 heavy (non-hydrogen) atoms. The van der Waals surface area contributed by atoms with Gasteiger partial charge in [0, 0.05) is 24.9 Å². The lowest BCUT2D eigenvalue weighted by Crippen LogP contribution is -2.55. The maximum Gasteiger partial charge on any atom is 0.305 e. The van der Waals surface area contributed by atoms with Gasteiger partial charge in [-0.1, -0.05) is 74.5 Å². The minimum atomic E-state index is -1.43. The van der Waals surface area contributed by atoms with Crippen molar-refractivity contribution in [1.29, 1.82) is 0 Å². The molecule has 0 bridgehead atoms. The minimum absolute atomic E-state index is 0.0114. The Morgan fingerprint density at radius 1 is 0.870 bits per heavy atom. The third-order valence-corrected chi connectivity index (χ3v) is 8.51.